The van der Waals surface area contributed by atoms with Gasteiger partial charge in [0.25, 0.3) is 0 Å². The number of hydrogen-bond donors (Lipinski definition) is 0. The molecule has 4 nitrogen and oxygen atoms in total. The lowest BCUT2D eigenvalue weighted by Gasteiger charge is -2.36. The molecule has 2 saturated heterocycles. The Morgan fingerprint density at radius 1 is 0.964 bits per heavy atom. The van der Waals surface area contributed by atoms with Crippen molar-refractivity contribution in [3.05, 3.63) is 65.2 Å². The maximum Gasteiger partial charge on any atom is 0.223 e. The molecule has 28 heavy (non-hydrogen) atoms. The van der Waals surface area contributed by atoms with E-state index in [2.05, 4.69) is 46.2 Å². The van der Waals surface area contributed by atoms with Crippen molar-refractivity contribution < 1.29 is 4.79 Å². The van der Waals surface area contributed by atoms with Crippen LogP contribution in [0.1, 0.15) is 18.4 Å². The van der Waals surface area contributed by atoms with Gasteiger partial charge in [-0.3, -0.25) is 9.69 Å². The molecule has 0 aromatic heterocycles. The van der Waals surface area contributed by atoms with Crippen LogP contribution in [0, 0.1) is 5.92 Å². The molecule has 2 aliphatic rings. The van der Waals surface area contributed by atoms with Crippen LogP contribution in [0.5, 0.6) is 0 Å². The van der Waals surface area contributed by atoms with Crippen LogP contribution in [0.25, 0.3) is 0 Å². The standard InChI is InChI=1S/C23H28ClN3O/c24-21-7-4-8-22(16-21)26-11-13-27(14-12-26)23(28)15-20-9-10-25(18-20)17-19-5-2-1-3-6-19/h1-8,16,20H,9-15,17-18H2/t20-/m1/s1. The Hall–Kier alpha value is -2.04. The zero-order valence-corrected chi connectivity index (χ0v) is 17.0. The van der Waals surface area contributed by atoms with E-state index in [0.717, 1.165) is 62.9 Å². The van der Waals surface area contributed by atoms with Gasteiger partial charge in [0, 0.05) is 56.4 Å². The third-order valence-electron chi connectivity index (χ3n) is 5.89. The molecule has 2 aromatic rings. The van der Waals surface area contributed by atoms with Crippen LogP contribution in [-0.2, 0) is 11.3 Å². The fourth-order valence-electron chi connectivity index (χ4n) is 4.33. The van der Waals surface area contributed by atoms with Crippen molar-refractivity contribution >= 4 is 23.2 Å². The molecule has 0 radical (unpaired) electrons. The summed E-state index contributed by atoms with van der Waals surface area (Å²) in [6, 6.07) is 18.6. The van der Waals surface area contributed by atoms with Crippen LogP contribution in [0.15, 0.2) is 54.6 Å². The van der Waals surface area contributed by atoms with Crippen LogP contribution in [-0.4, -0.2) is 55.0 Å². The molecule has 2 aromatic carbocycles. The van der Waals surface area contributed by atoms with Gasteiger partial charge in [-0.1, -0.05) is 48.0 Å². The van der Waals surface area contributed by atoms with E-state index in [1.807, 2.05) is 23.1 Å². The lowest BCUT2D eigenvalue weighted by Crippen LogP contribution is -2.49. The third kappa shape index (κ3) is 4.86. The van der Waals surface area contributed by atoms with Gasteiger partial charge in [-0.25, -0.2) is 0 Å². The van der Waals surface area contributed by atoms with Crippen molar-refractivity contribution in [2.24, 2.45) is 5.92 Å². The van der Waals surface area contributed by atoms with Gasteiger partial charge in [0.05, 0.1) is 0 Å². The van der Waals surface area contributed by atoms with Gasteiger partial charge in [-0.15, -0.1) is 0 Å². The highest BCUT2D eigenvalue weighted by Gasteiger charge is 2.28. The Morgan fingerprint density at radius 3 is 2.50 bits per heavy atom. The van der Waals surface area contributed by atoms with Crippen LogP contribution in [0.2, 0.25) is 5.02 Å². The summed E-state index contributed by atoms with van der Waals surface area (Å²) >= 11 is 6.11. The number of nitrogens with zero attached hydrogens (tertiary/aromatic N) is 3. The zero-order chi connectivity index (χ0) is 19.3. The van der Waals surface area contributed by atoms with Crippen molar-refractivity contribution in [1.82, 2.24) is 9.80 Å². The second kappa shape index (κ2) is 8.97. The number of carbonyl (C=O) groups is 1. The SMILES string of the molecule is O=C(C[C@H]1CCN(Cc2ccccc2)C1)N1CCN(c2cccc(Cl)c2)CC1. The summed E-state index contributed by atoms with van der Waals surface area (Å²) in [7, 11) is 0. The zero-order valence-electron chi connectivity index (χ0n) is 16.3. The number of rotatable bonds is 5. The third-order valence-corrected chi connectivity index (χ3v) is 6.12. The van der Waals surface area contributed by atoms with E-state index in [1.165, 1.54) is 5.56 Å². The molecule has 148 valence electrons. The summed E-state index contributed by atoms with van der Waals surface area (Å²) in [4.78, 5) is 19.6. The molecule has 0 bridgehead atoms. The Labute approximate surface area is 172 Å². The van der Waals surface area contributed by atoms with E-state index >= 15 is 0 Å². The van der Waals surface area contributed by atoms with Crippen LogP contribution in [0.4, 0.5) is 5.69 Å². The molecule has 2 aliphatic heterocycles. The summed E-state index contributed by atoms with van der Waals surface area (Å²) in [5.74, 6) is 0.805. The number of likely N-dealkylation sites (tertiary alicyclic amines) is 1. The molecular weight excluding hydrogens is 370 g/mol. The summed E-state index contributed by atoms with van der Waals surface area (Å²) in [5.41, 5.74) is 2.50. The normalized spacial score (nSPS) is 20.5. The van der Waals surface area contributed by atoms with E-state index in [1.54, 1.807) is 0 Å². The fourth-order valence-corrected chi connectivity index (χ4v) is 4.51. The summed E-state index contributed by atoms with van der Waals surface area (Å²) in [6.07, 6.45) is 1.81. The lowest BCUT2D eigenvalue weighted by molar-refractivity contribution is -0.132. The van der Waals surface area contributed by atoms with Gasteiger partial charge in [0.2, 0.25) is 5.91 Å². The van der Waals surface area contributed by atoms with Crippen molar-refractivity contribution in [1.29, 1.82) is 0 Å². The molecule has 0 saturated carbocycles. The van der Waals surface area contributed by atoms with Gasteiger partial charge in [0.1, 0.15) is 0 Å². The van der Waals surface area contributed by atoms with Gasteiger partial charge >= 0.3 is 0 Å². The molecule has 5 heteroatoms. The quantitative estimate of drug-likeness (QED) is 0.765. The molecule has 0 aliphatic carbocycles. The van der Waals surface area contributed by atoms with Crippen molar-refractivity contribution in [2.75, 3.05) is 44.2 Å². The van der Waals surface area contributed by atoms with Gasteiger partial charge < -0.3 is 9.80 Å². The highest BCUT2D eigenvalue weighted by atomic mass is 35.5. The Balaban J connectivity index is 1.23. The number of anilines is 1. The minimum absolute atomic E-state index is 0.317. The largest absolute Gasteiger partial charge is 0.368 e. The van der Waals surface area contributed by atoms with Crippen LogP contribution in [0.3, 0.4) is 0 Å². The molecule has 0 N–H and O–H groups in total. The molecule has 4 rings (SSSR count). The average molecular weight is 398 g/mol. The van der Waals surface area contributed by atoms with Crippen molar-refractivity contribution in [3.8, 4) is 0 Å². The van der Waals surface area contributed by atoms with Crippen molar-refractivity contribution in [3.63, 3.8) is 0 Å². The Morgan fingerprint density at radius 2 is 1.75 bits per heavy atom. The Kier molecular flexibility index (Phi) is 6.18. The first-order valence-electron chi connectivity index (χ1n) is 10.2. The van der Waals surface area contributed by atoms with E-state index in [-0.39, 0.29) is 0 Å². The topological polar surface area (TPSA) is 26.8 Å². The minimum Gasteiger partial charge on any atom is -0.368 e. The maximum absolute atomic E-state index is 12.8. The van der Waals surface area contributed by atoms with Crippen molar-refractivity contribution in [2.45, 2.75) is 19.4 Å². The van der Waals surface area contributed by atoms with E-state index < -0.39 is 0 Å². The van der Waals surface area contributed by atoms with E-state index in [0.29, 0.717) is 18.2 Å². The highest BCUT2D eigenvalue weighted by molar-refractivity contribution is 6.30. The maximum atomic E-state index is 12.8. The van der Waals surface area contributed by atoms with Gasteiger partial charge in [0.15, 0.2) is 0 Å². The summed E-state index contributed by atoms with van der Waals surface area (Å²) < 4.78 is 0. The van der Waals surface area contributed by atoms with Crippen LogP contribution < -0.4 is 4.90 Å². The molecule has 2 fully saturated rings. The number of carbonyl (C=O) groups excluding carboxylic acids is 1. The highest BCUT2D eigenvalue weighted by Crippen LogP contribution is 2.24. The lowest BCUT2D eigenvalue weighted by atomic mass is 10.0. The summed E-state index contributed by atoms with van der Waals surface area (Å²) in [5, 5.41) is 0.761. The molecule has 1 amide bonds. The average Bonchev–Trinajstić information content (AvgIpc) is 3.15. The number of hydrogen-bond acceptors (Lipinski definition) is 3. The number of piperazine rings is 1. The Bertz CT molecular complexity index is 789. The van der Waals surface area contributed by atoms with Gasteiger partial charge in [-0.2, -0.15) is 0 Å². The second-order valence-corrected chi connectivity index (χ2v) is 8.36. The molecule has 2 heterocycles. The number of amides is 1. The van der Waals surface area contributed by atoms with Gasteiger partial charge in [-0.05, 0) is 42.6 Å². The first-order chi connectivity index (χ1) is 13.7. The van der Waals surface area contributed by atoms with E-state index in [9.17, 15) is 4.79 Å². The monoisotopic (exact) mass is 397 g/mol. The fraction of sp³-hybridized carbons (Fsp3) is 0.435. The smallest absolute Gasteiger partial charge is 0.223 e. The second-order valence-electron chi connectivity index (χ2n) is 7.93. The molecular formula is C23H28ClN3O. The predicted octanol–water partition coefficient (Wildman–Crippen LogP) is 3.90. The van der Waals surface area contributed by atoms with Crippen LogP contribution >= 0.6 is 11.6 Å². The minimum atomic E-state index is 0.317. The predicted molar refractivity (Wildman–Crippen MR) is 115 cm³/mol. The summed E-state index contributed by atoms with van der Waals surface area (Å²) in [6.45, 7) is 6.45. The molecule has 0 spiro atoms. The van der Waals surface area contributed by atoms with E-state index in [4.69, 9.17) is 11.6 Å². The molecule has 0 unspecified atom stereocenters. The number of halogens is 1. The first-order valence-corrected chi connectivity index (χ1v) is 10.6. The molecule has 1 atom stereocenters. The number of benzene rings is 2. The first kappa shape index (κ1) is 19.3.